The Hall–Kier alpha value is -4.80. The fourth-order valence-corrected chi connectivity index (χ4v) is 4.21. The lowest BCUT2D eigenvalue weighted by molar-refractivity contribution is -0.376. The van der Waals surface area contributed by atoms with E-state index >= 15 is 0 Å². The number of rotatable bonds is 7. The monoisotopic (exact) mass is 564 g/mol. The largest absolute Gasteiger partial charge is 0.478 e. The van der Waals surface area contributed by atoms with Crippen LogP contribution in [-0.4, -0.2) is 29.8 Å². The first-order valence-corrected chi connectivity index (χ1v) is 12.1. The van der Waals surface area contributed by atoms with E-state index in [0.717, 1.165) is 29.6 Å². The van der Waals surface area contributed by atoms with Gasteiger partial charge in [0.15, 0.2) is 11.5 Å². The second-order valence-electron chi connectivity index (χ2n) is 8.86. The summed E-state index contributed by atoms with van der Waals surface area (Å²) in [6.07, 6.45) is -3.62. The number of hydrogen-bond donors (Lipinski definition) is 2. The Bertz CT molecular complexity index is 1640. The van der Waals surface area contributed by atoms with Crippen LogP contribution in [0, 0.1) is 0 Å². The van der Waals surface area contributed by atoms with E-state index in [1.54, 1.807) is 36.4 Å². The molecule has 4 aromatic rings. The Labute approximate surface area is 231 Å². The number of carbonyl (C=O) groups is 3. The van der Waals surface area contributed by atoms with E-state index in [-0.39, 0.29) is 33.7 Å². The van der Waals surface area contributed by atoms with Crippen LogP contribution in [0.3, 0.4) is 0 Å². The van der Waals surface area contributed by atoms with E-state index in [2.05, 4.69) is 15.1 Å². The molecular formula is C29H19ClF2N2O6. The number of carboxylic acid groups (broad SMARTS) is 1. The minimum absolute atomic E-state index is 0.0193. The Kier molecular flexibility index (Phi) is 6.97. The third kappa shape index (κ3) is 5.35. The number of halogens is 3. The van der Waals surface area contributed by atoms with E-state index in [4.69, 9.17) is 11.6 Å². The summed E-state index contributed by atoms with van der Waals surface area (Å²) in [5.41, 5.74) is 1.12. The Balaban J connectivity index is 1.38. The molecule has 1 aliphatic rings. The molecule has 0 atom stereocenters. The van der Waals surface area contributed by atoms with Crippen LogP contribution < -0.4 is 15.1 Å². The third-order valence-corrected chi connectivity index (χ3v) is 6.48. The molecule has 5 rings (SSSR count). The molecule has 11 heteroatoms. The van der Waals surface area contributed by atoms with Gasteiger partial charge in [0.05, 0.1) is 5.56 Å². The van der Waals surface area contributed by atoms with Gasteiger partial charge in [-0.2, -0.15) is 8.78 Å². The van der Waals surface area contributed by atoms with Gasteiger partial charge in [0.25, 0.3) is 5.91 Å². The summed E-state index contributed by atoms with van der Waals surface area (Å²) in [5.74, 6) is -2.87. The highest BCUT2D eigenvalue weighted by atomic mass is 35.5. The van der Waals surface area contributed by atoms with E-state index in [1.807, 2.05) is 24.1 Å². The average molecular weight is 565 g/mol. The van der Waals surface area contributed by atoms with Gasteiger partial charge in [0.2, 0.25) is 0 Å². The average Bonchev–Trinajstić information content (AvgIpc) is 3.25. The van der Waals surface area contributed by atoms with Gasteiger partial charge in [-0.3, -0.25) is 9.59 Å². The first-order valence-electron chi connectivity index (χ1n) is 11.7. The number of fused-ring (bicyclic) bond motifs is 1. The Morgan fingerprint density at radius 3 is 2.08 bits per heavy atom. The number of hydrogen-bond acceptors (Lipinski definition) is 6. The van der Waals surface area contributed by atoms with E-state index in [1.165, 1.54) is 18.2 Å². The zero-order valence-electron chi connectivity index (χ0n) is 20.7. The molecule has 0 spiro atoms. The number of nitrogens with one attached hydrogen (secondary N) is 1. The topological polar surface area (TPSA) is 105 Å². The number of nitrogens with zero attached hydrogens (tertiary/aromatic N) is 1. The molecule has 0 aliphatic carbocycles. The number of carboxylic acids is 1. The Morgan fingerprint density at radius 2 is 1.43 bits per heavy atom. The number of aromatic carboxylic acids is 1. The van der Waals surface area contributed by atoms with Crippen molar-refractivity contribution in [2.24, 2.45) is 0 Å². The molecule has 8 nitrogen and oxygen atoms in total. The highest BCUT2D eigenvalue weighted by molar-refractivity contribution is 6.30. The zero-order valence-corrected chi connectivity index (χ0v) is 21.4. The predicted molar refractivity (Wildman–Crippen MR) is 143 cm³/mol. The maximum Gasteiger partial charge on any atom is 0.421 e. The predicted octanol–water partition coefficient (Wildman–Crippen LogP) is 6.66. The van der Waals surface area contributed by atoms with Gasteiger partial charge in [0.1, 0.15) is 5.56 Å². The van der Waals surface area contributed by atoms with Crippen molar-refractivity contribution in [3.05, 3.63) is 118 Å². The van der Waals surface area contributed by atoms with E-state index in [0.29, 0.717) is 5.02 Å². The quantitative estimate of drug-likeness (QED) is 0.191. The van der Waals surface area contributed by atoms with Crippen molar-refractivity contribution in [3.8, 4) is 5.75 Å². The molecule has 0 unspecified atom stereocenters. The summed E-state index contributed by atoms with van der Waals surface area (Å²) in [7, 11) is 1.85. The minimum Gasteiger partial charge on any atom is -0.478 e. The summed E-state index contributed by atoms with van der Waals surface area (Å²) in [6.45, 7) is 0. The summed E-state index contributed by atoms with van der Waals surface area (Å²) < 4.78 is 27.2. The first kappa shape index (κ1) is 26.8. The van der Waals surface area contributed by atoms with Crippen molar-refractivity contribution < 1.29 is 38.0 Å². The highest BCUT2D eigenvalue weighted by Crippen LogP contribution is 2.43. The van der Waals surface area contributed by atoms with Crippen LogP contribution in [0.5, 0.6) is 5.75 Å². The van der Waals surface area contributed by atoms with Crippen LogP contribution in [-0.2, 0) is 11.0 Å². The second kappa shape index (κ2) is 10.4. The fraction of sp³-hybridized carbons (Fsp3) is 0.0690. The molecule has 1 heterocycles. The van der Waals surface area contributed by atoms with Crippen molar-refractivity contribution in [2.45, 2.75) is 6.11 Å². The fourth-order valence-electron chi connectivity index (χ4n) is 4.08. The van der Waals surface area contributed by atoms with Gasteiger partial charge >= 0.3 is 12.1 Å². The van der Waals surface area contributed by atoms with Crippen molar-refractivity contribution >= 4 is 46.3 Å². The second-order valence-corrected chi connectivity index (χ2v) is 9.30. The van der Waals surface area contributed by atoms with Crippen LogP contribution in [0.4, 0.5) is 25.8 Å². The number of amides is 1. The normalized spacial score (nSPS) is 13.2. The smallest absolute Gasteiger partial charge is 0.421 e. The van der Waals surface area contributed by atoms with Crippen molar-refractivity contribution in [1.82, 2.24) is 0 Å². The molecule has 1 aliphatic heterocycles. The number of anilines is 3. The van der Waals surface area contributed by atoms with Crippen LogP contribution in [0.1, 0.15) is 42.2 Å². The van der Waals surface area contributed by atoms with Gasteiger partial charge in [-0.25, -0.2) is 4.79 Å². The first-order chi connectivity index (χ1) is 19.0. The molecular weight excluding hydrogens is 546 g/mol. The molecule has 202 valence electrons. The molecule has 0 fully saturated rings. The molecule has 0 aromatic heterocycles. The number of ketones is 1. The maximum atomic E-state index is 13.6. The van der Waals surface area contributed by atoms with Crippen LogP contribution >= 0.6 is 11.6 Å². The van der Waals surface area contributed by atoms with Gasteiger partial charge in [-0.05, 0) is 78.9 Å². The lowest BCUT2D eigenvalue weighted by Gasteiger charge is -2.19. The minimum atomic E-state index is -3.62. The van der Waals surface area contributed by atoms with Crippen LogP contribution in [0.15, 0.2) is 84.9 Å². The number of carbonyl (C=O) groups excluding carboxylic acids is 2. The molecule has 0 bridgehead atoms. The number of benzene rings is 4. The van der Waals surface area contributed by atoms with Crippen LogP contribution in [0.25, 0.3) is 0 Å². The van der Waals surface area contributed by atoms with Crippen LogP contribution in [0.2, 0.25) is 5.02 Å². The summed E-state index contributed by atoms with van der Waals surface area (Å²) in [5, 5.41) is 12.7. The van der Waals surface area contributed by atoms with Gasteiger partial charge in [-0.1, -0.05) is 11.6 Å². The van der Waals surface area contributed by atoms with Crippen molar-refractivity contribution in [3.63, 3.8) is 0 Å². The highest BCUT2D eigenvalue weighted by Gasteiger charge is 2.44. The molecule has 0 saturated heterocycles. The molecule has 4 aromatic carbocycles. The van der Waals surface area contributed by atoms with Crippen molar-refractivity contribution in [2.75, 3.05) is 17.3 Å². The van der Waals surface area contributed by atoms with Gasteiger partial charge in [0, 0.05) is 51.9 Å². The van der Waals surface area contributed by atoms with E-state index < -0.39 is 29.3 Å². The molecule has 2 N–H and O–H groups in total. The van der Waals surface area contributed by atoms with Crippen molar-refractivity contribution in [1.29, 1.82) is 0 Å². The van der Waals surface area contributed by atoms with Gasteiger partial charge < -0.3 is 20.2 Å². The lowest BCUT2D eigenvalue weighted by Crippen LogP contribution is -2.15. The molecule has 0 saturated carbocycles. The van der Waals surface area contributed by atoms with Gasteiger partial charge in [-0.15, -0.1) is 4.89 Å². The van der Waals surface area contributed by atoms with E-state index in [9.17, 15) is 28.3 Å². The molecule has 0 radical (unpaired) electrons. The molecule has 1 amide bonds. The lowest BCUT2D eigenvalue weighted by atomic mass is 9.98. The maximum absolute atomic E-state index is 13.6. The summed E-state index contributed by atoms with van der Waals surface area (Å²) in [6, 6.07) is 20.8. The standard InChI is InChI=1S/C29H19ClF2N2O6/c1-34(23-9-4-20(30)5-10-23)22-7-2-16(3-8-22)26(35)17-12-18(14-19(13-17)28(37)38)27(36)33-21-6-11-24-25(15-21)39-40-29(24,31)32/h2-15H,1H3,(H,33,36)(H,37,38). The molecule has 40 heavy (non-hydrogen) atoms. The zero-order chi connectivity index (χ0) is 28.6. The summed E-state index contributed by atoms with van der Waals surface area (Å²) >= 11 is 5.96. The summed E-state index contributed by atoms with van der Waals surface area (Å²) in [4.78, 5) is 48.4. The SMILES string of the molecule is CN(c1ccc(Cl)cc1)c1ccc(C(=O)c2cc(C(=O)O)cc(C(=O)Nc3ccc4c(c3)OOC4(F)F)c2)cc1. The third-order valence-electron chi connectivity index (χ3n) is 6.22. The Morgan fingerprint density at radius 1 is 0.825 bits per heavy atom. The number of alkyl halides is 2.